The summed E-state index contributed by atoms with van der Waals surface area (Å²) < 4.78 is 2.18. The fraction of sp³-hybridized carbons (Fsp3) is 0.667. The zero-order valence-electron chi connectivity index (χ0n) is 18.1. The molecule has 0 radical (unpaired) electrons. The van der Waals surface area contributed by atoms with Crippen LogP contribution in [0.25, 0.3) is 5.00 Å². The second-order valence-electron chi connectivity index (χ2n) is 9.35. The van der Waals surface area contributed by atoms with Crippen LogP contribution < -0.4 is 15.8 Å². The van der Waals surface area contributed by atoms with E-state index in [2.05, 4.69) is 44.4 Å². The highest BCUT2D eigenvalue weighted by Crippen LogP contribution is 2.48. The fourth-order valence-electron chi connectivity index (χ4n) is 5.21. The molecule has 10 heteroatoms. The number of hydrogen-bond acceptors (Lipinski definition) is 8. The molecule has 166 valence electrons. The number of carbonyl (C=O) groups excluding carboxylic acids is 1. The standard InChI is InChI=1S/C21H29N7OS2/c1-12-5-7-26(8-6-12)16(29)10-30-21-25-24-20-27(21)19-17(18-22-11-23-28(18)20)14-9-13(2)3-4-15(14)31-19/h12-13,18,22-23H,3-11H2,1-2H3/t13-,18?/m0/s1. The van der Waals surface area contributed by atoms with Crippen molar-refractivity contribution in [3.05, 3.63) is 16.0 Å². The Morgan fingerprint density at radius 2 is 2.03 bits per heavy atom. The van der Waals surface area contributed by atoms with E-state index >= 15 is 0 Å². The third-order valence-electron chi connectivity index (χ3n) is 7.10. The van der Waals surface area contributed by atoms with Gasteiger partial charge in [-0.1, -0.05) is 25.6 Å². The molecule has 4 aliphatic rings. The average molecular weight is 460 g/mol. The molecule has 1 aliphatic carbocycles. The molecule has 1 unspecified atom stereocenters. The first-order valence-electron chi connectivity index (χ1n) is 11.4. The van der Waals surface area contributed by atoms with Crippen molar-refractivity contribution < 1.29 is 4.79 Å². The van der Waals surface area contributed by atoms with Gasteiger partial charge in [-0.25, -0.2) is 9.99 Å². The molecule has 2 saturated heterocycles. The van der Waals surface area contributed by atoms with Crippen LogP contribution in [-0.4, -0.2) is 51.1 Å². The highest BCUT2D eigenvalue weighted by molar-refractivity contribution is 7.99. The average Bonchev–Trinajstić information content (AvgIpc) is 3.48. The van der Waals surface area contributed by atoms with Crippen LogP contribution in [0.5, 0.6) is 0 Å². The molecule has 0 bridgehead atoms. The number of aromatic nitrogens is 3. The van der Waals surface area contributed by atoms with Crippen LogP contribution in [0.2, 0.25) is 0 Å². The molecular formula is C21H29N7OS2. The maximum Gasteiger partial charge on any atom is 0.249 e. The summed E-state index contributed by atoms with van der Waals surface area (Å²) in [4.78, 5) is 16.3. The quantitative estimate of drug-likeness (QED) is 0.683. The van der Waals surface area contributed by atoms with Gasteiger partial charge < -0.3 is 4.90 Å². The molecule has 2 aromatic rings. The second kappa shape index (κ2) is 7.75. The number of amides is 1. The summed E-state index contributed by atoms with van der Waals surface area (Å²) in [6.45, 7) is 7.09. The highest BCUT2D eigenvalue weighted by Gasteiger charge is 2.42. The SMILES string of the molecule is CC1CCN(C(=O)CSc2nnc3n2-c2sc4c(c2C2NCNN32)C[C@@H](C)CC4)CC1. The minimum absolute atomic E-state index is 0.104. The molecule has 2 N–H and O–H groups in total. The van der Waals surface area contributed by atoms with Crippen molar-refractivity contribution in [2.45, 2.75) is 57.3 Å². The molecule has 1 amide bonds. The number of hydrogen-bond donors (Lipinski definition) is 2. The van der Waals surface area contributed by atoms with E-state index in [1.54, 1.807) is 0 Å². The molecule has 2 atom stereocenters. The molecule has 2 aromatic heterocycles. The molecule has 2 fully saturated rings. The van der Waals surface area contributed by atoms with Crippen molar-refractivity contribution >= 4 is 35.0 Å². The number of carbonyl (C=O) groups is 1. The Kier molecular flexibility index (Phi) is 5.01. The highest BCUT2D eigenvalue weighted by atomic mass is 32.2. The third kappa shape index (κ3) is 3.30. The van der Waals surface area contributed by atoms with Gasteiger partial charge in [-0.15, -0.1) is 21.5 Å². The Morgan fingerprint density at radius 1 is 1.19 bits per heavy atom. The first kappa shape index (κ1) is 20.0. The number of fused-ring (bicyclic) bond motifs is 8. The van der Waals surface area contributed by atoms with Crippen LogP contribution in [-0.2, 0) is 17.6 Å². The van der Waals surface area contributed by atoms with Crippen molar-refractivity contribution in [1.82, 2.24) is 30.4 Å². The summed E-state index contributed by atoms with van der Waals surface area (Å²) >= 11 is 3.41. The predicted molar refractivity (Wildman–Crippen MR) is 122 cm³/mol. The number of nitrogens with zero attached hydrogens (tertiary/aromatic N) is 5. The number of thiophene rings is 1. The van der Waals surface area contributed by atoms with E-state index in [1.807, 2.05) is 16.2 Å². The van der Waals surface area contributed by atoms with Crippen LogP contribution in [0.4, 0.5) is 5.95 Å². The third-order valence-corrected chi connectivity index (χ3v) is 9.31. The summed E-state index contributed by atoms with van der Waals surface area (Å²) in [6, 6.07) is 0. The normalized spacial score (nSPS) is 25.2. The van der Waals surface area contributed by atoms with Crippen molar-refractivity contribution in [2.24, 2.45) is 11.8 Å². The van der Waals surface area contributed by atoms with Crippen LogP contribution in [0.3, 0.4) is 0 Å². The van der Waals surface area contributed by atoms with Crippen molar-refractivity contribution in [2.75, 3.05) is 30.5 Å². The number of piperidine rings is 1. The Bertz CT molecular complexity index is 1010. The van der Waals surface area contributed by atoms with Crippen LogP contribution in [0.15, 0.2) is 5.16 Å². The monoisotopic (exact) mass is 459 g/mol. The number of aryl methyl sites for hydroxylation is 1. The number of rotatable bonds is 3. The van der Waals surface area contributed by atoms with E-state index in [1.165, 1.54) is 39.2 Å². The first-order valence-corrected chi connectivity index (χ1v) is 13.2. The summed E-state index contributed by atoms with van der Waals surface area (Å²) in [7, 11) is 0. The van der Waals surface area contributed by atoms with E-state index in [0.29, 0.717) is 12.4 Å². The summed E-state index contributed by atoms with van der Waals surface area (Å²) in [5.74, 6) is 2.88. The smallest absolute Gasteiger partial charge is 0.249 e. The van der Waals surface area contributed by atoms with Gasteiger partial charge in [-0.3, -0.25) is 15.1 Å². The number of nitrogens with one attached hydrogen (secondary N) is 2. The zero-order chi connectivity index (χ0) is 21.1. The van der Waals surface area contributed by atoms with Crippen molar-refractivity contribution in [3.63, 3.8) is 0 Å². The first-order chi connectivity index (χ1) is 15.1. The number of anilines is 1. The molecule has 31 heavy (non-hydrogen) atoms. The van der Waals surface area contributed by atoms with Crippen LogP contribution in [0.1, 0.15) is 55.3 Å². The lowest BCUT2D eigenvalue weighted by atomic mass is 9.87. The van der Waals surface area contributed by atoms with Crippen molar-refractivity contribution in [3.8, 4) is 5.00 Å². The van der Waals surface area contributed by atoms with Gasteiger partial charge in [0, 0.05) is 23.5 Å². The number of thioether (sulfide) groups is 1. The Labute approximate surface area is 190 Å². The Balaban J connectivity index is 1.31. The van der Waals surface area contributed by atoms with Crippen molar-refractivity contribution in [1.29, 1.82) is 0 Å². The van der Waals surface area contributed by atoms with Crippen LogP contribution >= 0.6 is 23.1 Å². The van der Waals surface area contributed by atoms with Crippen LogP contribution in [0, 0.1) is 11.8 Å². The van der Waals surface area contributed by atoms with Gasteiger partial charge in [0.2, 0.25) is 11.9 Å². The lowest BCUT2D eigenvalue weighted by Gasteiger charge is -2.32. The van der Waals surface area contributed by atoms with Gasteiger partial charge in [0.1, 0.15) is 11.2 Å². The largest absolute Gasteiger partial charge is 0.342 e. The van der Waals surface area contributed by atoms with Gasteiger partial charge in [0.15, 0.2) is 5.16 Å². The number of hydrazine groups is 1. The topological polar surface area (TPSA) is 78.3 Å². The predicted octanol–water partition coefficient (Wildman–Crippen LogP) is 2.69. The molecule has 0 aromatic carbocycles. The zero-order valence-corrected chi connectivity index (χ0v) is 19.7. The Morgan fingerprint density at radius 3 is 2.87 bits per heavy atom. The minimum atomic E-state index is 0.104. The fourth-order valence-corrected chi connectivity index (χ4v) is 7.47. The molecule has 0 spiro atoms. The lowest BCUT2D eigenvalue weighted by molar-refractivity contribution is -0.129. The van der Waals surface area contributed by atoms with Gasteiger partial charge in [0.05, 0.1) is 12.4 Å². The Hall–Kier alpha value is -1.62. The molecule has 0 saturated carbocycles. The lowest BCUT2D eigenvalue weighted by Crippen LogP contribution is -2.39. The van der Waals surface area contributed by atoms with Gasteiger partial charge in [-0.2, -0.15) is 0 Å². The van der Waals surface area contributed by atoms with E-state index < -0.39 is 0 Å². The summed E-state index contributed by atoms with van der Waals surface area (Å²) in [5, 5.41) is 16.8. The van der Waals surface area contributed by atoms with E-state index in [4.69, 9.17) is 0 Å². The van der Waals surface area contributed by atoms with Gasteiger partial charge >= 0.3 is 0 Å². The van der Waals surface area contributed by atoms with E-state index in [-0.39, 0.29) is 12.1 Å². The maximum absolute atomic E-state index is 12.8. The van der Waals surface area contributed by atoms with E-state index in [0.717, 1.165) is 61.7 Å². The molecular weight excluding hydrogens is 430 g/mol. The number of likely N-dealkylation sites (tertiary alicyclic amines) is 1. The molecule has 8 nitrogen and oxygen atoms in total. The second-order valence-corrected chi connectivity index (χ2v) is 11.4. The minimum Gasteiger partial charge on any atom is -0.342 e. The maximum atomic E-state index is 12.8. The van der Waals surface area contributed by atoms with Gasteiger partial charge in [-0.05, 0) is 49.5 Å². The summed E-state index contributed by atoms with van der Waals surface area (Å²) in [5.41, 5.74) is 6.31. The van der Waals surface area contributed by atoms with Gasteiger partial charge in [0.25, 0.3) is 0 Å². The molecule has 6 rings (SSSR count). The summed E-state index contributed by atoms with van der Waals surface area (Å²) in [6.07, 6.45) is 5.86. The van der Waals surface area contributed by atoms with E-state index in [9.17, 15) is 4.79 Å². The molecule has 3 aliphatic heterocycles. The molecule has 5 heterocycles.